The normalized spacial score (nSPS) is 18.5. The number of imidazole rings is 1. The number of aliphatic hydroxyl groups is 2. The number of fused-ring (bicyclic) bond motifs is 1. The van der Waals surface area contributed by atoms with Gasteiger partial charge in [0.1, 0.15) is 72.5 Å². The van der Waals surface area contributed by atoms with Gasteiger partial charge in [0.25, 0.3) is 0 Å². The second kappa shape index (κ2) is 41.9. The highest BCUT2D eigenvalue weighted by Crippen LogP contribution is 2.25. The van der Waals surface area contributed by atoms with Crippen LogP contribution in [0.2, 0.25) is 0 Å². The largest absolute Gasteiger partial charge is 0.481 e. The summed E-state index contributed by atoms with van der Waals surface area (Å²) in [7, 11) is 0. The Labute approximate surface area is 655 Å². The van der Waals surface area contributed by atoms with Crippen LogP contribution >= 0.6 is 25.3 Å². The average molecular weight is 1590 g/mol. The van der Waals surface area contributed by atoms with Crippen molar-refractivity contribution in [3.63, 3.8) is 0 Å². The van der Waals surface area contributed by atoms with Gasteiger partial charge in [0.15, 0.2) is 0 Å². The zero-order valence-corrected chi connectivity index (χ0v) is 63.6. The number of thiol groups is 2. The van der Waals surface area contributed by atoms with E-state index in [-0.39, 0.29) is 63.8 Å². The Bertz CT molecular complexity index is 4150. The molecular weight excluding hydrogens is 1500 g/mol. The smallest absolute Gasteiger partial charge is 0.325 e. The number of aliphatic carboxylic acids is 2. The van der Waals surface area contributed by atoms with Gasteiger partial charge in [-0.25, -0.2) is 4.98 Å². The van der Waals surface area contributed by atoms with Crippen LogP contribution in [0.5, 0.6) is 0 Å². The monoisotopic (exact) mass is 1590 g/mol. The van der Waals surface area contributed by atoms with Crippen molar-refractivity contribution in [1.82, 2.24) is 88.6 Å². The van der Waals surface area contributed by atoms with Crippen molar-refractivity contribution in [2.75, 3.05) is 37.7 Å². The van der Waals surface area contributed by atoms with E-state index in [4.69, 9.17) is 0 Å². The first-order valence-electron chi connectivity index (χ1n) is 36.8. The van der Waals surface area contributed by atoms with E-state index in [0.29, 0.717) is 52.7 Å². The molecule has 3 aromatic carbocycles. The first-order chi connectivity index (χ1) is 53.5. The van der Waals surface area contributed by atoms with Crippen molar-refractivity contribution in [2.45, 2.75) is 189 Å². The van der Waals surface area contributed by atoms with Gasteiger partial charge in [-0.2, -0.15) is 25.3 Å². The topological polar surface area (TPSA) is 532 Å². The molecule has 5 heterocycles. The lowest BCUT2D eigenvalue weighted by Crippen LogP contribution is -2.62. The molecule has 5 aromatic rings. The lowest BCUT2D eigenvalue weighted by atomic mass is 10.0. The Hall–Kier alpha value is -11.0. The third-order valence-electron chi connectivity index (χ3n) is 19.4. The van der Waals surface area contributed by atoms with E-state index < -0.39 is 205 Å². The van der Waals surface area contributed by atoms with Gasteiger partial charge in [-0.05, 0) is 95.0 Å². The van der Waals surface area contributed by atoms with E-state index in [1.54, 1.807) is 91.1 Å². The maximum absolute atomic E-state index is 15.3. The Kier molecular flexibility index (Phi) is 32.4. The second-order valence-corrected chi connectivity index (χ2v) is 28.5. The molecule has 2 aromatic heterocycles. The molecule has 0 unspecified atom stereocenters. The van der Waals surface area contributed by atoms with Crippen LogP contribution in [-0.2, 0) is 97.6 Å². The minimum absolute atomic E-state index is 0.00994. The summed E-state index contributed by atoms with van der Waals surface area (Å²) in [5, 5.41) is 72.1. The number of carboxylic acid groups (broad SMARTS) is 2. The number of aromatic amines is 2. The molecule has 0 radical (unpaired) electrons. The number of nitrogens with one attached hydrogen (secondary N) is 14. The number of carboxylic acids is 2. The van der Waals surface area contributed by atoms with Crippen LogP contribution < -0.4 is 63.8 Å². The molecular formula is C74H97N17O19S2. The molecule has 3 fully saturated rings. The summed E-state index contributed by atoms with van der Waals surface area (Å²) in [6.45, 7) is 3.71. The summed E-state index contributed by atoms with van der Waals surface area (Å²) in [4.78, 5) is 220. The van der Waals surface area contributed by atoms with E-state index >= 15 is 14.4 Å². The highest BCUT2D eigenvalue weighted by molar-refractivity contribution is 7.80. The number of hydrogen-bond acceptors (Lipinski definition) is 21. The van der Waals surface area contributed by atoms with Crippen molar-refractivity contribution in [3.05, 3.63) is 126 Å². The van der Waals surface area contributed by atoms with Crippen LogP contribution in [0.25, 0.3) is 10.9 Å². The minimum Gasteiger partial charge on any atom is -0.481 e. The number of carbonyl (C=O) groups excluding carboxylic acids is 13. The van der Waals surface area contributed by atoms with Gasteiger partial charge in [0, 0.05) is 85.7 Å². The Morgan fingerprint density at radius 1 is 0.509 bits per heavy atom. The molecule has 8 rings (SSSR count). The van der Waals surface area contributed by atoms with E-state index in [0.717, 1.165) is 13.3 Å². The summed E-state index contributed by atoms with van der Waals surface area (Å²) in [5.74, 6) is -15.0. The molecule has 3 saturated heterocycles. The van der Waals surface area contributed by atoms with E-state index in [1.807, 2.05) is 0 Å². The van der Waals surface area contributed by atoms with Crippen LogP contribution in [-0.4, -0.2) is 262 Å². The number of benzene rings is 3. The molecule has 604 valence electrons. The lowest BCUT2D eigenvalue weighted by molar-refractivity contribution is -0.144. The molecule has 38 heteroatoms. The minimum atomic E-state index is -1.83. The molecule has 3 aliphatic heterocycles. The summed E-state index contributed by atoms with van der Waals surface area (Å²) < 4.78 is 0. The van der Waals surface area contributed by atoms with Crippen LogP contribution in [0.15, 0.2) is 104 Å². The Morgan fingerprint density at radius 2 is 0.991 bits per heavy atom. The van der Waals surface area contributed by atoms with Gasteiger partial charge in [-0.1, -0.05) is 78.9 Å². The quantitative estimate of drug-likeness (QED) is 0.0169. The third kappa shape index (κ3) is 24.5. The van der Waals surface area contributed by atoms with Gasteiger partial charge < -0.3 is 104 Å². The zero-order valence-electron chi connectivity index (χ0n) is 61.9. The SMILES string of the molecule is C[C@H](NC(=O)[C@H](Cc1cnc[nH]1)NC(=O)[C@@H](NC(=O)[C@H](CS)NC(=O)[C@H](CCC(=O)O)NC(=O)[C@H](Cc1c[nH]c2ccccc12)NC(=O)[C@@H]1CCCN1C(=O)[C@H](Cc1ccccc1)NC(=O)[C@@H]1CCCN1C(=O)[C@H](Cc1ccccc1)NC(=O)[C@H](CS)NC(=O)[C@@H](NC(=O)CNC(=O)[C@@H]1CCCN1)[C@@H](C)O)[C@@H](C)O)C(=O)O. The molecule has 3 aliphatic rings. The molecule has 0 spiro atoms. The number of H-pyrrole nitrogens is 2. The molecule has 13 amide bonds. The average Bonchev–Trinajstić information content (AvgIpc) is 1.61. The lowest BCUT2D eigenvalue weighted by Gasteiger charge is -2.32. The van der Waals surface area contributed by atoms with E-state index in [2.05, 4.69) is 104 Å². The molecule has 18 N–H and O–H groups in total. The summed E-state index contributed by atoms with van der Waals surface area (Å²) in [6.07, 6.45) is 1.14. The van der Waals surface area contributed by atoms with Crippen molar-refractivity contribution in [3.8, 4) is 0 Å². The number of likely N-dealkylation sites (tertiary alicyclic amines) is 2. The number of aliphatic hydroxyl groups excluding tert-OH is 2. The highest BCUT2D eigenvalue weighted by atomic mass is 32.1. The van der Waals surface area contributed by atoms with Crippen molar-refractivity contribution in [2.24, 2.45) is 0 Å². The zero-order chi connectivity index (χ0) is 81.3. The van der Waals surface area contributed by atoms with Gasteiger partial charge >= 0.3 is 11.9 Å². The number of aromatic nitrogens is 3. The molecule has 0 saturated carbocycles. The predicted octanol–water partition coefficient (Wildman–Crippen LogP) is -3.55. The van der Waals surface area contributed by atoms with Gasteiger partial charge in [-0.15, -0.1) is 0 Å². The molecule has 0 aliphatic carbocycles. The molecule has 15 atom stereocenters. The van der Waals surface area contributed by atoms with Gasteiger partial charge in [0.05, 0.1) is 31.1 Å². The number of amides is 13. The van der Waals surface area contributed by atoms with Crippen molar-refractivity contribution < 1.29 is 92.3 Å². The first-order valence-corrected chi connectivity index (χ1v) is 38.1. The molecule has 112 heavy (non-hydrogen) atoms. The number of carbonyl (C=O) groups is 15. The van der Waals surface area contributed by atoms with Gasteiger partial charge in [0.2, 0.25) is 76.8 Å². The summed E-state index contributed by atoms with van der Waals surface area (Å²) >= 11 is 8.56. The molecule has 36 nitrogen and oxygen atoms in total. The number of nitrogens with zero attached hydrogens (tertiary/aromatic N) is 3. The van der Waals surface area contributed by atoms with Crippen LogP contribution in [0.4, 0.5) is 0 Å². The van der Waals surface area contributed by atoms with Crippen molar-refractivity contribution in [1.29, 1.82) is 0 Å². The number of hydrogen-bond donors (Lipinski definition) is 20. The summed E-state index contributed by atoms with van der Waals surface area (Å²) in [6, 6.07) is 5.77. The fraction of sp³-hybridized carbons (Fsp3) is 0.486. The maximum Gasteiger partial charge on any atom is 0.325 e. The van der Waals surface area contributed by atoms with Gasteiger partial charge in [-0.3, -0.25) is 71.9 Å². The predicted molar refractivity (Wildman–Crippen MR) is 409 cm³/mol. The standard InChI is InChI=1S/C74H97N17O19S2/c1-39(74(109)110)80-64(99)51(32-45-34-75-38-79-45)83-71(106)61(41(3)93)89-67(102)55(37-112)86-63(98)49(24-25-59(95)96)81-65(100)50(31-44-33-77-47-20-11-10-19-46(44)47)82-68(103)56-22-13-27-90(56)73(108)53(30-43-17-8-5-9-18-43)85-69(104)57-23-14-28-91(57)72(107)52(29-42-15-6-4-7-16-42)84-66(101)54(36-111)87-70(105)60(40(2)92)88-58(94)35-78-62(97)48-21-12-26-76-48/h4-11,15-20,33-34,38-41,48-57,60-61,76-77,92-93,111-112H,12-14,21-32,35-37H2,1-3H3,(H,75,79)(H,78,97)(H,80,99)(H,81,100)(H,82,103)(H,83,106)(H,84,101)(H,85,104)(H,86,98)(H,87,105)(H,88,94)(H,89,102)(H,95,96)(H,109,110)/t39-,40+,41+,48-,49-,50-,51-,52-,53-,54-,55-,56-,57-,60-,61-/m0/s1. The third-order valence-corrected chi connectivity index (χ3v) is 20.1. The van der Waals surface area contributed by atoms with Crippen molar-refractivity contribution >= 4 is 125 Å². The second-order valence-electron chi connectivity index (χ2n) is 27.8. The van der Waals surface area contributed by atoms with Crippen LogP contribution in [0.3, 0.4) is 0 Å². The van der Waals surface area contributed by atoms with Crippen LogP contribution in [0.1, 0.15) is 94.5 Å². The van der Waals surface area contributed by atoms with Crippen LogP contribution in [0, 0.1) is 0 Å². The maximum atomic E-state index is 15.3. The first kappa shape index (κ1) is 86.6. The summed E-state index contributed by atoms with van der Waals surface area (Å²) in [5.41, 5.74) is 2.68. The Balaban J connectivity index is 0.976. The van der Waals surface area contributed by atoms with E-state index in [1.165, 1.54) is 36.2 Å². The fourth-order valence-electron chi connectivity index (χ4n) is 13.3. The number of para-hydroxylation sites is 1. The molecule has 0 bridgehead atoms. The highest BCUT2D eigenvalue weighted by Gasteiger charge is 2.44. The van der Waals surface area contributed by atoms with E-state index in [9.17, 15) is 78.0 Å². The fourth-order valence-corrected chi connectivity index (χ4v) is 13.8. The number of rotatable bonds is 40. The Morgan fingerprint density at radius 3 is 1.53 bits per heavy atom.